The van der Waals surface area contributed by atoms with Gasteiger partial charge in [-0.3, -0.25) is 4.98 Å². The normalized spacial score (nSPS) is 10.2. The second-order valence-corrected chi connectivity index (χ2v) is 3.59. The van der Waals surface area contributed by atoms with Gasteiger partial charge in [0.05, 0.1) is 0 Å². The molecule has 0 bridgehead atoms. The second-order valence-electron chi connectivity index (χ2n) is 2.81. The number of pyridine rings is 1. The van der Waals surface area contributed by atoms with Gasteiger partial charge in [-0.2, -0.15) is 11.3 Å². The summed E-state index contributed by atoms with van der Waals surface area (Å²) in [6, 6.07) is 5.34. The van der Waals surface area contributed by atoms with Crippen molar-refractivity contribution >= 4 is 11.3 Å². The predicted octanol–water partition coefficient (Wildman–Crippen LogP) is 2.44. The molecule has 0 fully saturated rings. The average molecular weight is 191 g/mol. The lowest BCUT2D eigenvalue weighted by molar-refractivity contribution is 0.473. The fourth-order valence-corrected chi connectivity index (χ4v) is 1.83. The summed E-state index contributed by atoms with van der Waals surface area (Å²) in [6.07, 6.45) is 2.41. The molecule has 2 aromatic rings. The van der Waals surface area contributed by atoms with E-state index in [4.69, 9.17) is 0 Å². The molecule has 0 saturated carbocycles. The van der Waals surface area contributed by atoms with E-state index in [1.807, 2.05) is 5.38 Å². The van der Waals surface area contributed by atoms with Crippen LogP contribution in [0.2, 0.25) is 0 Å². The van der Waals surface area contributed by atoms with Gasteiger partial charge in [0.25, 0.3) is 0 Å². The van der Waals surface area contributed by atoms with Crippen LogP contribution in [0, 0.1) is 0 Å². The highest BCUT2D eigenvalue weighted by Gasteiger charge is 1.98. The van der Waals surface area contributed by atoms with E-state index < -0.39 is 0 Å². The maximum Gasteiger partial charge on any atom is 0.118 e. The minimum absolute atomic E-state index is 0.278. The predicted molar refractivity (Wildman–Crippen MR) is 53.0 cm³/mol. The van der Waals surface area contributed by atoms with Crippen LogP contribution in [0.15, 0.2) is 35.2 Å². The molecule has 66 valence electrons. The fourth-order valence-electron chi connectivity index (χ4n) is 1.16. The highest BCUT2D eigenvalue weighted by Crippen LogP contribution is 2.14. The highest BCUT2D eigenvalue weighted by atomic mass is 32.1. The molecule has 0 amide bonds. The van der Waals surface area contributed by atoms with Gasteiger partial charge in [-0.15, -0.1) is 0 Å². The molecule has 0 atom stereocenters. The van der Waals surface area contributed by atoms with Gasteiger partial charge in [0.1, 0.15) is 5.75 Å². The van der Waals surface area contributed by atoms with Crippen LogP contribution >= 0.6 is 11.3 Å². The third kappa shape index (κ3) is 2.06. The Kier molecular flexibility index (Phi) is 2.27. The van der Waals surface area contributed by atoms with Crippen LogP contribution in [0.3, 0.4) is 0 Å². The number of thiophene rings is 1. The lowest BCUT2D eigenvalue weighted by Gasteiger charge is -1.97. The van der Waals surface area contributed by atoms with E-state index in [1.54, 1.807) is 29.7 Å². The molecular formula is C10H9NOS. The number of aromatic hydroxyl groups is 1. The smallest absolute Gasteiger partial charge is 0.118 e. The molecule has 2 aromatic heterocycles. The van der Waals surface area contributed by atoms with Crippen molar-refractivity contribution in [2.24, 2.45) is 0 Å². The zero-order valence-electron chi connectivity index (χ0n) is 6.97. The molecule has 0 aliphatic heterocycles. The second kappa shape index (κ2) is 3.58. The molecule has 0 unspecified atom stereocenters. The number of hydrogen-bond acceptors (Lipinski definition) is 3. The van der Waals surface area contributed by atoms with Crippen molar-refractivity contribution in [1.82, 2.24) is 4.98 Å². The Hall–Kier alpha value is -1.35. The first-order valence-electron chi connectivity index (χ1n) is 3.99. The Bertz CT molecular complexity index is 384. The standard InChI is InChI=1S/C10H9NOS/c12-10-1-3-11-9(6-10)5-8-2-4-13-7-8/h1-4,6-7H,5H2,(H,11,12). The van der Waals surface area contributed by atoms with Gasteiger partial charge in [-0.25, -0.2) is 0 Å². The van der Waals surface area contributed by atoms with Gasteiger partial charge < -0.3 is 5.11 Å². The first kappa shape index (κ1) is 8.26. The third-order valence-electron chi connectivity index (χ3n) is 1.77. The van der Waals surface area contributed by atoms with Gasteiger partial charge >= 0.3 is 0 Å². The fraction of sp³-hybridized carbons (Fsp3) is 0.100. The summed E-state index contributed by atoms with van der Waals surface area (Å²) < 4.78 is 0. The molecule has 2 rings (SSSR count). The third-order valence-corrected chi connectivity index (χ3v) is 2.50. The summed E-state index contributed by atoms with van der Waals surface area (Å²) in [5.41, 5.74) is 2.14. The molecule has 0 radical (unpaired) electrons. The summed E-state index contributed by atoms with van der Waals surface area (Å²) in [7, 11) is 0. The lowest BCUT2D eigenvalue weighted by atomic mass is 10.2. The van der Waals surface area contributed by atoms with E-state index in [9.17, 15) is 5.11 Å². The Labute approximate surface area is 80.5 Å². The summed E-state index contributed by atoms with van der Waals surface area (Å²) in [5, 5.41) is 13.3. The molecule has 13 heavy (non-hydrogen) atoms. The van der Waals surface area contributed by atoms with Crippen molar-refractivity contribution in [2.45, 2.75) is 6.42 Å². The summed E-state index contributed by atoms with van der Waals surface area (Å²) in [6.45, 7) is 0. The van der Waals surface area contributed by atoms with Crippen molar-refractivity contribution in [1.29, 1.82) is 0 Å². The Morgan fingerprint density at radius 1 is 1.38 bits per heavy atom. The van der Waals surface area contributed by atoms with Gasteiger partial charge in [0.2, 0.25) is 0 Å². The van der Waals surface area contributed by atoms with Crippen LogP contribution in [-0.4, -0.2) is 10.1 Å². The maximum absolute atomic E-state index is 9.20. The first-order chi connectivity index (χ1) is 6.34. The molecule has 0 spiro atoms. The molecule has 0 aromatic carbocycles. The van der Waals surface area contributed by atoms with Crippen LogP contribution < -0.4 is 0 Å². The van der Waals surface area contributed by atoms with E-state index in [1.165, 1.54) is 5.56 Å². The van der Waals surface area contributed by atoms with Crippen molar-refractivity contribution in [2.75, 3.05) is 0 Å². The van der Waals surface area contributed by atoms with Crippen LogP contribution in [0.1, 0.15) is 11.3 Å². The van der Waals surface area contributed by atoms with Gasteiger partial charge in [0.15, 0.2) is 0 Å². The minimum Gasteiger partial charge on any atom is -0.508 e. The van der Waals surface area contributed by atoms with Crippen molar-refractivity contribution in [3.63, 3.8) is 0 Å². The Morgan fingerprint density at radius 3 is 3.00 bits per heavy atom. The van der Waals surface area contributed by atoms with E-state index in [0.717, 1.165) is 12.1 Å². The van der Waals surface area contributed by atoms with Crippen LogP contribution in [0.25, 0.3) is 0 Å². The SMILES string of the molecule is Oc1ccnc(Cc2ccsc2)c1. The maximum atomic E-state index is 9.20. The Morgan fingerprint density at radius 2 is 2.31 bits per heavy atom. The number of aromatic nitrogens is 1. The molecule has 1 N–H and O–H groups in total. The van der Waals surface area contributed by atoms with Crippen LogP contribution in [0.5, 0.6) is 5.75 Å². The number of nitrogens with zero attached hydrogens (tertiary/aromatic N) is 1. The van der Waals surface area contributed by atoms with Crippen molar-refractivity contribution in [3.8, 4) is 5.75 Å². The van der Waals surface area contributed by atoms with E-state index in [0.29, 0.717) is 0 Å². The molecule has 2 nitrogen and oxygen atoms in total. The molecular weight excluding hydrogens is 182 g/mol. The van der Waals surface area contributed by atoms with E-state index in [-0.39, 0.29) is 5.75 Å². The average Bonchev–Trinajstić information content (AvgIpc) is 2.57. The molecule has 3 heteroatoms. The van der Waals surface area contributed by atoms with Gasteiger partial charge in [-0.1, -0.05) is 0 Å². The van der Waals surface area contributed by atoms with Crippen LogP contribution in [-0.2, 0) is 6.42 Å². The Balaban J connectivity index is 2.19. The number of hydrogen-bond donors (Lipinski definition) is 1. The van der Waals surface area contributed by atoms with E-state index >= 15 is 0 Å². The molecule has 0 aliphatic rings. The zero-order chi connectivity index (χ0) is 9.10. The largest absolute Gasteiger partial charge is 0.508 e. The first-order valence-corrected chi connectivity index (χ1v) is 4.94. The number of rotatable bonds is 2. The summed E-state index contributed by atoms with van der Waals surface area (Å²) >= 11 is 1.67. The van der Waals surface area contributed by atoms with Gasteiger partial charge in [-0.05, 0) is 28.5 Å². The quantitative estimate of drug-likeness (QED) is 0.790. The zero-order valence-corrected chi connectivity index (χ0v) is 7.79. The van der Waals surface area contributed by atoms with Crippen LogP contribution in [0.4, 0.5) is 0 Å². The topological polar surface area (TPSA) is 33.1 Å². The minimum atomic E-state index is 0.278. The molecule has 2 heterocycles. The monoisotopic (exact) mass is 191 g/mol. The molecule has 0 saturated heterocycles. The van der Waals surface area contributed by atoms with Crippen molar-refractivity contribution < 1.29 is 5.11 Å². The summed E-state index contributed by atoms with van der Waals surface area (Å²) in [4.78, 5) is 4.16. The van der Waals surface area contributed by atoms with Crippen molar-refractivity contribution in [3.05, 3.63) is 46.4 Å². The van der Waals surface area contributed by atoms with Gasteiger partial charge in [0, 0.05) is 24.4 Å². The highest BCUT2D eigenvalue weighted by molar-refractivity contribution is 7.07. The molecule has 0 aliphatic carbocycles. The summed E-state index contributed by atoms with van der Waals surface area (Å²) in [5.74, 6) is 0.278. The lowest BCUT2D eigenvalue weighted by Crippen LogP contribution is -1.88. The van der Waals surface area contributed by atoms with E-state index in [2.05, 4.69) is 16.4 Å².